The Bertz CT molecular complexity index is 478. The van der Waals surface area contributed by atoms with E-state index >= 15 is 0 Å². The average molecular weight is 311 g/mol. The van der Waals surface area contributed by atoms with Crippen LogP contribution in [0.15, 0.2) is 29.0 Å². The maximum Gasteiger partial charge on any atom is 0.153 e. The number of aromatic nitrogens is 4. The van der Waals surface area contributed by atoms with Gasteiger partial charge in [-0.2, -0.15) is 0 Å². The molecule has 0 amide bonds. The summed E-state index contributed by atoms with van der Waals surface area (Å²) >= 11 is 3.38. The van der Waals surface area contributed by atoms with Gasteiger partial charge in [0.2, 0.25) is 0 Å². The number of hydrogen-bond donors (Lipinski definition) is 2. The summed E-state index contributed by atoms with van der Waals surface area (Å²) in [6.07, 6.45) is 3.46. The largest absolute Gasteiger partial charge is 0.271 e. The van der Waals surface area contributed by atoms with E-state index in [0.29, 0.717) is 4.60 Å². The SMILES string of the molecule is Cn1nnc(Br)c1C(CCc1ccccn1)NN. The van der Waals surface area contributed by atoms with Crippen molar-refractivity contribution in [2.75, 3.05) is 0 Å². The Hall–Kier alpha value is -1.31. The summed E-state index contributed by atoms with van der Waals surface area (Å²) < 4.78 is 2.43. The van der Waals surface area contributed by atoms with Crippen molar-refractivity contribution < 1.29 is 0 Å². The Morgan fingerprint density at radius 2 is 2.33 bits per heavy atom. The molecule has 7 heteroatoms. The van der Waals surface area contributed by atoms with Crippen LogP contribution in [0.2, 0.25) is 0 Å². The van der Waals surface area contributed by atoms with Crippen LogP contribution in [0.4, 0.5) is 0 Å². The fourth-order valence-electron chi connectivity index (χ4n) is 1.85. The maximum absolute atomic E-state index is 5.61. The van der Waals surface area contributed by atoms with E-state index in [0.717, 1.165) is 24.2 Å². The van der Waals surface area contributed by atoms with Gasteiger partial charge in [0.15, 0.2) is 4.60 Å². The maximum atomic E-state index is 5.61. The van der Waals surface area contributed by atoms with Gasteiger partial charge in [-0.1, -0.05) is 11.3 Å². The number of halogens is 1. The molecular weight excluding hydrogens is 296 g/mol. The first-order valence-corrected chi connectivity index (χ1v) is 6.42. The molecule has 0 aliphatic heterocycles. The molecule has 0 saturated carbocycles. The second-order valence-electron chi connectivity index (χ2n) is 3.97. The normalized spacial score (nSPS) is 12.6. The zero-order valence-electron chi connectivity index (χ0n) is 10.0. The highest BCUT2D eigenvalue weighted by Crippen LogP contribution is 2.23. The minimum atomic E-state index is -0.0126. The van der Waals surface area contributed by atoms with Gasteiger partial charge in [-0.3, -0.25) is 16.3 Å². The van der Waals surface area contributed by atoms with Crippen LogP contribution in [0, 0.1) is 0 Å². The molecule has 2 rings (SSSR count). The fraction of sp³-hybridized carbons (Fsp3) is 0.364. The van der Waals surface area contributed by atoms with E-state index in [1.54, 1.807) is 10.9 Å². The van der Waals surface area contributed by atoms with Crippen LogP contribution in [0.5, 0.6) is 0 Å². The zero-order chi connectivity index (χ0) is 13.0. The lowest BCUT2D eigenvalue weighted by Crippen LogP contribution is -2.30. The summed E-state index contributed by atoms with van der Waals surface area (Å²) in [6.45, 7) is 0. The lowest BCUT2D eigenvalue weighted by Gasteiger charge is -2.15. The van der Waals surface area contributed by atoms with Crippen molar-refractivity contribution in [3.63, 3.8) is 0 Å². The molecule has 2 heterocycles. The highest BCUT2D eigenvalue weighted by molar-refractivity contribution is 9.10. The first kappa shape index (κ1) is 13.1. The Morgan fingerprint density at radius 3 is 2.89 bits per heavy atom. The van der Waals surface area contributed by atoms with Gasteiger partial charge in [-0.25, -0.2) is 4.68 Å². The molecule has 2 aromatic rings. The molecule has 1 unspecified atom stereocenters. The zero-order valence-corrected chi connectivity index (χ0v) is 11.6. The number of nitrogens with zero attached hydrogens (tertiary/aromatic N) is 4. The molecule has 0 bridgehead atoms. The summed E-state index contributed by atoms with van der Waals surface area (Å²) in [5.41, 5.74) is 4.78. The molecule has 1 atom stereocenters. The molecule has 3 N–H and O–H groups in total. The Labute approximate surface area is 114 Å². The number of aryl methyl sites for hydroxylation is 2. The van der Waals surface area contributed by atoms with E-state index in [9.17, 15) is 0 Å². The predicted octanol–water partition coefficient (Wildman–Crippen LogP) is 1.11. The molecule has 6 nitrogen and oxygen atoms in total. The summed E-state index contributed by atoms with van der Waals surface area (Å²) in [7, 11) is 1.85. The summed E-state index contributed by atoms with van der Waals surface area (Å²) in [5.74, 6) is 5.61. The van der Waals surface area contributed by atoms with Crippen LogP contribution in [0.25, 0.3) is 0 Å². The molecular formula is C11H15BrN6. The minimum Gasteiger partial charge on any atom is -0.271 e. The van der Waals surface area contributed by atoms with Crippen LogP contribution in [0.1, 0.15) is 23.9 Å². The lowest BCUT2D eigenvalue weighted by atomic mass is 10.1. The van der Waals surface area contributed by atoms with Crippen molar-refractivity contribution in [2.24, 2.45) is 12.9 Å². The molecule has 0 saturated heterocycles. The van der Waals surface area contributed by atoms with E-state index < -0.39 is 0 Å². The van der Waals surface area contributed by atoms with Gasteiger partial charge in [-0.15, -0.1) is 5.10 Å². The Morgan fingerprint density at radius 1 is 1.50 bits per heavy atom. The first-order valence-electron chi connectivity index (χ1n) is 5.63. The van der Waals surface area contributed by atoms with E-state index in [2.05, 4.69) is 36.7 Å². The third-order valence-corrected chi connectivity index (χ3v) is 3.34. The summed E-state index contributed by atoms with van der Waals surface area (Å²) in [5, 5.41) is 7.91. The second kappa shape index (κ2) is 6.03. The van der Waals surface area contributed by atoms with Gasteiger partial charge >= 0.3 is 0 Å². The smallest absolute Gasteiger partial charge is 0.153 e. The Kier molecular flexibility index (Phi) is 4.40. The van der Waals surface area contributed by atoms with Gasteiger partial charge in [-0.05, 0) is 40.9 Å². The van der Waals surface area contributed by atoms with Gasteiger partial charge < -0.3 is 0 Å². The van der Waals surface area contributed by atoms with E-state index in [1.807, 2.05) is 25.2 Å². The van der Waals surface area contributed by atoms with Crippen molar-refractivity contribution in [1.82, 2.24) is 25.4 Å². The van der Waals surface area contributed by atoms with Crippen molar-refractivity contribution in [3.8, 4) is 0 Å². The average Bonchev–Trinajstić information content (AvgIpc) is 2.73. The van der Waals surface area contributed by atoms with Crippen molar-refractivity contribution in [3.05, 3.63) is 40.4 Å². The minimum absolute atomic E-state index is 0.0126. The van der Waals surface area contributed by atoms with Crippen LogP contribution in [0.3, 0.4) is 0 Å². The quantitative estimate of drug-likeness (QED) is 0.638. The first-order chi connectivity index (χ1) is 8.72. The second-order valence-corrected chi connectivity index (χ2v) is 4.72. The lowest BCUT2D eigenvalue weighted by molar-refractivity contribution is 0.476. The molecule has 0 radical (unpaired) electrons. The number of rotatable bonds is 5. The van der Waals surface area contributed by atoms with Gasteiger partial charge in [0, 0.05) is 18.9 Å². The standard InChI is InChI=1S/C11H15BrN6/c1-18-10(11(12)16-17-18)9(15-13)6-5-8-4-2-3-7-14-8/h2-4,7,9,15H,5-6,13H2,1H3. The van der Waals surface area contributed by atoms with Crippen molar-refractivity contribution in [1.29, 1.82) is 0 Å². The number of nitrogens with one attached hydrogen (secondary N) is 1. The van der Waals surface area contributed by atoms with E-state index in [-0.39, 0.29) is 6.04 Å². The van der Waals surface area contributed by atoms with E-state index in [1.165, 1.54) is 0 Å². The summed E-state index contributed by atoms with van der Waals surface area (Å²) in [6, 6.07) is 5.88. The number of pyridine rings is 1. The van der Waals surface area contributed by atoms with Gasteiger partial charge in [0.25, 0.3) is 0 Å². The van der Waals surface area contributed by atoms with Crippen LogP contribution >= 0.6 is 15.9 Å². The number of hydrazine groups is 1. The fourth-order valence-corrected chi connectivity index (χ4v) is 2.45. The topological polar surface area (TPSA) is 81.7 Å². The molecule has 0 spiro atoms. The molecule has 18 heavy (non-hydrogen) atoms. The third kappa shape index (κ3) is 2.92. The highest BCUT2D eigenvalue weighted by atomic mass is 79.9. The van der Waals surface area contributed by atoms with Crippen molar-refractivity contribution in [2.45, 2.75) is 18.9 Å². The number of nitrogens with two attached hydrogens (primary N) is 1. The summed E-state index contributed by atoms with van der Waals surface area (Å²) in [4.78, 5) is 4.29. The van der Waals surface area contributed by atoms with Crippen molar-refractivity contribution >= 4 is 15.9 Å². The van der Waals surface area contributed by atoms with Crippen LogP contribution < -0.4 is 11.3 Å². The van der Waals surface area contributed by atoms with E-state index in [4.69, 9.17) is 5.84 Å². The highest BCUT2D eigenvalue weighted by Gasteiger charge is 2.18. The molecule has 96 valence electrons. The molecule has 0 fully saturated rings. The van der Waals surface area contributed by atoms with Gasteiger partial charge in [0.05, 0.1) is 11.7 Å². The monoisotopic (exact) mass is 310 g/mol. The van der Waals surface area contributed by atoms with Crippen LogP contribution in [-0.4, -0.2) is 20.0 Å². The van der Waals surface area contributed by atoms with Gasteiger partial charge in [0.1, 0.15) is 0 Å². The third-order valence-electron chi connectivity index (χ3n) is 2.77. The molecule has 2 aromatic heterocycles. The predicted molar refractivity (Wildman–Crippen MR) is 71.3 cm³/mol. The molecule has 0 aliphatic carbocycles. The Balaban J connectivity index is 2.07. The number of hydrogen-bond acceptors (Lipinski definition) is 5. The van der Waals surface area contributed by atoms with Crippen LogP contribution in [-0.2, 0) is 13.5 Å². The molecule has 0 aromatic carbocycles. The molecule has 0 aliphatic rings.